The van der Waals surface area contributed by atoms with Gasteiger partial charge < -0.3 is 4.90 Å². The Morgan fingerprint density at radius 2 is 2.14 bits per heavy atom. The second-order valence-electron chi connectivity index (χ2n) is 3.16. The Morgan fingerprint density at radius 3 is 2.71 bits per heavy atom. The van der Waals surface area contributed by atoms with Gasteiger partial charge >= 0.3 is 0 Å². The molecule has 14 heavy (non-hydrogen) atoms. The zero-order valence-electron chi connectivity index (χ0n) is 7.64. The topological polar surface area (TPSA) is 37.4 Å². The number of aldehydes is 1. The monoisotopic (exact) mass is 229 g/mol. The van der Waals surface area contributed by atoms with E-state index in [-0.39, 0.29) is 0 Å². The highest BCUT2D eigenvalue weighted by Gasteiger charge is 2.16. The SMILES string of the molecule is O=Cc1cc(N2CCS(=O)CC2)cs1. The molecule has 5 heteroatoms. The summed E-state index contributed by atoms with van der Waals surface area (Å²) in [4.78, 5) is 13.4. The van der Waals surface area contributed by atoms with Crippen molar-refractivity contribution in [2.45, 2.75) is 0 Å². The Hall–Kier alpha value is -0.680. The van der Waals surface area contributed by atoms with Gasteiger partial charge in [0.05, 0.1) is 4.88 Å². The van der Waals surface area contributed by atoms with Crippen LogP contribution in [0.1, 0.15) is 9.67 Å². The summed E-state index contributed by atoms with van der Waals surface area (Å²) in [6.45, 7) is 1.67. The zero-order valence-corrected chi connectivity index (χ0v) is 9.27. The van der Waals surface area contributed by atoms with Gasteiger partial charge in [0.15, 0.2) is 6.29 Å². The second kappa shape index (κ2) is 4.23. The van der Waals surface area contributed by atoms with Gasteiger partial charge in [-0.15, -0.1) is 11.3 Å². The summed E-state index contributed by atoms with van der Waals surface area (Å²) in [6.07, 6.45) is 0.871. The van der Waals surface area contributed by atoms with Gasteiger partial charge in [0.2, 0.25) is 0 Å². The van der Waals surface area contributed by atoms with Crippen LogP contribution in [0.5, 0.6) is 0 Å². The van der Waals surface area contributed by atoms with Crippen molar-refractivity contribution < 1.29 is 9.00 Å². The lowest BCUT2D eigenvalue weighted by Crippen LogP contribution is -2.37. The van der Waals surface area contributed by atoms with E-state index in [4.69, 9.17) is 0 Å². The summed E-state index contributed by atoms with van der Waals surface area (Å²) in [5.41, 5.74) is 1.09. The molecule has 3 nitrogen and oxygen atoms in total. The van der Waals surface area contributed by atoms with Crippen LogP contribution in [0.25, 0.3) is 0 Å². The molecule has 0 unspecified atom stereocenters. The molecule has 2 rings (SSSR count). The molecule has 76 valence electrons. The van der Waals surface area contributed by atoms with Crippen LogP contribution < -0.4 is 4.90 Å². The van der Waals surface area contributed by atoms with Crippen LogP contribution >= 0.6 is 11.3 Å². The molecule has 0 bridgehead atoms. The molecule has 0 N–H and O–H groups in total. The first kappa shape index (κ1) is 9.86. The van der Waals surface area contributed by atoms with Crippen molar-refractivity contribution in [1.29, 1.82) is 0 Å². The molecule has 1 saturated heterocycles. The highest BCUT2D eigenvalue weighted by atomic mass is 32.2. The third-order valence-corrected chi connectivity index (χ3v) is 4.39. The zero-order chi connectivity index (χ0) is 9.97. The molecule has 1 aromatic rings. The second-order valence-corrected chi connectivity index (χ2v) is 5.80. The number of carbonyl (C=O) groups excluding carboxylic acids is 1. The van der Waals surface area contributed by atoms with Crippen molar-refractivity contribution in [3.05, 3.63) is 16.3 Å². The van der Waals surface area contributed by atoms with Gasteiger partial charge in [-0.1, -0.05) is 0 Å². The van der Waals surface area contributed by atoms with E-state index in [1.807, 2.05) is 11.4 Å². The lowest BCUT2D eigenvalue weighted by atomic mass is 10.4. The highest BCUT2D eigenvalue weighted by molar-refractivity contribution is 7.85. The Kier molecular flexibility index (Phi) is 2.98. The van der Waals surface area contributed by atoms with E-state index in [0.717, 1.165) is 41.4 Å². The summed E-state index contributed by atoms with van der Waals surface area (Å²) >= 11 is 1.46. The fraction of sp³-hybridized carbons (Fsp3) is 0.444. The number of rotatable bonds is 2. The number of anilines is 1. The van der Waals surface area contributed by atoms with Crippen LogP contribution in [0.4, 0.5) is 5.69 Å². The van der Waals surface area contributed by atoms with E-state index in [9.17, 15) is 9.00 Å². The molecule has 0 aromatic carbocycles. The van der Waals surface area contributed by atoms with Crippen LogP contribution in [0.3, 0.4) is 0 Å². The summed E-state index contributed by atoms with van der Waals surface area (Å²) < 4.78 is 11.1. The minimum Gasteiger partial charge on any atom is -0.369 e. The quantitative estimate of drug-likeness (QED) is 0.713. The van der Waals surface area contributed by atoms with E-state index in [2.05, 4.69) is 4.90 Å². The Balaban J connectivity index is 2.07. The van der Waals surface area contributed by atoms with E-state index in [1.54, 1.807) is 0 Å². The summed E-state index contributed by atoms with van der Waals surface area (Å²) in [5, 5.41) is 1.98. The number of thiophene rings is 1. The average Bonchev–Trinajstić information content (AvgIpc) is 2.67. The van der Waals surface area contributed by atoms with Crippen LogP contribution in [0.15, 0.2) is 11.4 Å². The first-order valence-electron chi connectivity index (χ1n) is 4.43. The number of hydrogen-bond donors (Lipinski definition) is 0. The van der Waals surface area contributed by atoms with Gasteiger partial charge in [-0.3, -0.25) is 9.00 Å². The fourth-order valence-electron chi connectivity index (χ4n) is 1.47. The largest absolute Gasteiger partial charge is 0.369 e. The van der Waals surface area contributed by atoms with Gasteiger partial charge in [-0.25, -0.2) is 0 Å². The first-order valence-corrected chi connectivity index (χ1v) is 6.80. The van der Waals surface area contributed by atoms with Crippen molar-refractivity contribution in [2.75, 3.05) is 29.5 Å². The van der Waals surface area contributed by atoms with Gasteiger partial charge in [-0.05, 0) is 6.07 Å². The molecule has 1 aromatic heterocycles. The van der Waals surface area contributed by atoms with E-state index >= 15 is 0 Å². The predicted molar refractivity (Wildman–Crippen MR) is 59.8 cm³/mol. The van der Waals surface area contributed by atoms with Gasteiger partial charge in [-0.2, -0.15) is 0 Å². The predicted octanol–water partition coefficient (Wildman–Crippen LogP) is 1.13. The maximum atomic E-state index is 11.1. The molecular weight excluding hydrogens is 218 g/mol. The van der Waals surface area contributed by atoms with Crippen molar-refractivity contribution >= 4 is 34.1 Å². The maximum absolute atomic E-state index is 11.1. The lowest BCUT2D eigenvalue weighted by Gasteiger charge is -2.27. The van der Waals surface area contributed by atoms with Crippen LogP contribution in [-0.4, -0.2) is 35.1 Å². The molecule has 0 atom stereocenters. The van der Waals surface area contributed by atoms with E-state index < -0.39 is 10.8 Å². The van der Waals surface area contributed by atoms with Crippen molar-refractivity contribution in [3.8, 4) is 0 Å². The van der Waals surface area contributed by atoms with Gasteiger partial charge in [0.25, 0.3) is 0 Å². The summed E-state index contributed by atoms with van der Waals surface area (Å²) in [5.74, 6) is 1.48. The Morgan fingerprint density at radius 1 is 1.43 bits per heavy atom. The fourth-order valence-corrected chi connectivity index (χ4v) is 3.24. The normalized spacial score (nSPS) is 18.4. The number of hydrogen-bond acceptors (Lipinski definition) is 4. The van der Waals surface area contributed by atoms with Gasteiger partial charge in [0.1, 0.15) is 0 Å². The molecule has 0 radical (unpaired) electrons. The van der Waals surface area contributed by atoms with E-state index in [1.165, 1.54) is 11.3 Å². The average molecular weight is 229 g/mol. The molecule has 1 aliphatic heterocycles. The first-order chi connectivity index (χ1) is 6.79. The van der Waals surface area contributed by atoms with Crippen LogP contribution in [0.2, 0.25) is 0 Å². The number of nitrogens with zero attached hydrogens (tertiary/aromatic N) is 1. The highest BCUT2D eigenvalue weighted by Crippen LogP contribution is 2.22. The smallest absolute Gasteiger partial charge is 0.160 e. The van der Waals surface area contributed by atoms with Crippen molar-refractivity contribution in [3.63, 3.8) is 0 Å². The third-order valence-electron chi connectivity index (χ3n) is 2.26. The Bertz CT molecular complexity index is 351. The van der Waals surface area contributed by atoms with Crippen molar-refractivity contribution in [1.82, 2.24) is 0 Å². The summed E-state index contributed by atoms with van der Waals surface area (Å²) in [6, 6.07) is 1.89. The standard InChI is InChI=1S/C9H11NO2S2/c11-6-9-5-8(7-13-9)10-1-3-14(12)4-2-10/h5-7H,1-4H2. The third kappa shape index (κ3) is 2.04. The van der Waals surface area contributed by atoms with Gasteiger partial charge in [0, 0.05) is 46.5 Å². The minimum absolute atomic E-state index is 0.637. The molecule has 0 spiro atoms. The Labute approximate surface area is 89.2 Å². The molecule has 2 heterocycles. The maximum Gasteiger partial charge on any atom is 0.160 e. The minimum atomic E-state index is -0.637. The van der Waals surface area contributed by atoms with Crippen molar-refractivity contribution in [2.24, 2.45) is 0 Å². The molecule has 1 aliphatic rings. The molecule has 1 fully saturated rings. The molecular formula is C9H11NO2S2. The lowest BCUT2D eigenvalue weighted by molar-refractivity contribution is 0.112. The summed E-state index contributed by atoms with van der Waals surface area (Å²) in [7, 11) is -0.637. The number of carbonyl (C=O) groups is 1. The van der Waals surface area contributed by atoms with Crippen LogP contribution in [-0.2, 0) is 10.8 Å². The molecule has 0 saturated carbocycles. The molecule has 0 aliphatic carbocycles. The molecule has 0 amide bonds. The van der Waals surface area contributed by atoms with Crippen LogP contribution in [0, 0.1) is 0 Å². The van der Waals surface area contributed by atoms with E-state index in [0.29, 0.717) is 0 Å².